The molecule has 0 aromatic heterocycles. The van der Waals surface area contributed by atoms with Gasteiger partial charge in [0, 0.05) is 5.92 Å². The van der Waals surface area contributed by atoms with Crippen molar-refractivity contribution in [2.45, 2.75) is 33.5 Å². The lowest BCUT2D eigenvalue weighted by Crippen LogP contribution is -2.17. The van der Waals surface area contributed by atoms with Crippen LogP contribution in [0.5, 0.6) is 0 Å². The van der Waals surface area contributed by atoms with Gasteiger partial charge in [-0.15, -0.1) is 0 Å². The highest BCUT2D eigenvalue weighted by Gasteiger charge is 2.09. The summed E-state index contributed by atoms with van der Waals surface area (Å²) in [5.74, 6) is 0.384. The average Bonchev–Trinajstić information content (AvgIpc) is 1.80. The minimum absolute atomic E-state index is 0.141. The van der Waals surface area contributed by atoms with Crippen LogP contribution in [0.3, 0.4) is 0 Å². The second kappa shape index (κ2) is 3.86. The van der Waals surface area contributed by atoms with Crippen LogP contribution in [-0.2, 0) is 4.79 Å². The van der Waals surface area contributed by atoms with Gasteiger partial charge in [0.15, 0.2) is 5.78 Å². The van der Waals surface area contributed by atoms with Gasteiger partial charge in [-0.05, 0) is 6.08 Å². The van der Waals surface area contributed by atoms with Gasteiger partial charge in [0.05, 0.1) is 8.07 Å². The summed E-state index contributed by atoms with van der Waals surface area (Å²) in [6.45, 7) is 10.5. The highest BCUT2D eigenvalue weighted by molar-refractivity contribution is 6.81. The SMILES string of the molecule is CC(C)C(=O)/C=C/[Si](C)(C)C. The van der Waals surface area contributed by atoms with Crippen LogP contribution >= 0.6 is 0 Å². The van der Waals surface area contributed by atoms with Crippen LogP contribution < -0.4 is 0 Å². The number of hydrogen-bond acceptors (Lipinski definition) is 1. The van der Waals surface area contributed by atoms with Gasteiger partial charge in [-0.25, -0.2) is 0 Å². The predicted molar refractivity (Wildman–Crippen MR) is 52.3 cm³/mol. The molecule has 0 amide bonds. The van der Waals surface area contributed by atoms with E-state index in [4.69, 9.17) is 0 Å². The van der Waals surface area contributed by atoms with E-state index in [0.717, 1.165) is 0 Å². The largest absolute Gasteiger partial charge is 0.295 e. The van der Waals surface area contributed by atoms with E-state index >= 15 is 0 Å². The minimum Gasteiger partial charge on any atom is -0.295 e. The summed E-state index contributed by atoms with van der Waals surface area (Å²) < 4.78 is 0. The average molecular weight is 170 g/mol. The molecular weight excluding hydrogens is 152 g/mol. The van der Waals surface area contributed by atoms with Crippen LogP contribution in [0.4, 0.5) is 0 Å². The summed E-state index contributed by atoms with van der Waals surface area (Å²) in [5.41, 5.74) is 2.09. The van der Waals surface area contributed by atoms with Crippen LogP contribution in [0.25, 0.3) is 0 Å². The van der Waals surface area contributed by atoms with Crippen molar-refractivity contribution >= 4 is 13.9 Å². The highest BCUT2D eigenvalue weighted by Crippen LogP contribution is 2.03. The maximum atomic E-state index is 11.1. The lowest BCUT2D eigenvalue weighted by Gasteiger charge is -2.08. The third kappa shape index (κ3) is 6.04. The van der Waals surface area contributed by atoms with Crippen molar-refractivity contribution in [3.8, 4) is 0 Å². The molecule has 0 aromatic rings. The summed E-state index contributed by atoms with van der Waals surface area (Å²) in [4.78, 5) is 11.1. The molecule has 0 heterocycles. The number of ketones is 1. The maximum absolute atomic E-state index is 11.1. The van der Waals surface area contributed by atoms with E-state index in [2.05, 4.69) is 25.3 Å². The molecule has 0 aliphatic carbocycles. The fourth-order valence-electron chi connectivity index (χ4n) is 0.525. The molecule has 0 N–H and O–H groups in total. The molecule has 0 spiro atoms. The van der Waals surface area contributed by atoms with Crippen molar-refractivity contribution < 1.29 is 4.79 Å². The number of rotatable bonds is 3. The highest BCUT2D eigenvalue weighted by atomic mass is 28.3. The smallest absolute Gasteiger partial charge is 0.157 e. The van der Waals surface area contributed by atoms with Gasteiger partial charge in [0.25, 0.3) is 0 Å². The van der Waals surface area contributed by atoms with Crippen LogP contribution in [-0.4, -0.2) is 13.9 Å². The second-order valence-electron chi connectivity index (χ2n) is 4.26. The Labute approximate surface area is 70.5 Å². The van der Waals surface area contributed by atoms with E-state index in [1.165, 1.54) is 0 Å². The predicted octanol–water partition coefficient (Wildman–Crippen LogP) is 2.65. The van der Waals surface area contributed by atoms with E-state index in [9.17, 15) is 4.79 Å². The van der Waals surface area contributed by atoms with Crippen molar-refractivity contribution in [1.29, 1.82) is 0 Å². The van der Waals surface area contributed by atoms with Crippen LogP contribution in [0.15, 0.2) is 11.8 Å². The Morgan fingerprint density at radius 1 is 1.27 bits per heavy atom. The molecule has 1 nitrogen and oxygen atoms in total. The van der Waals surface area contributed by atoms with Gasteiger partial charge in [-0.1, -0.05) is 39.2 Å². The summed E-state index contributed by atoms with van der Waals surface area (Å²) in [7, 11) is -1.17. The Morgan fingerprint density at radius 2 is 1.73 bits per heavy atom. The standard InChI is InChI=1S/C9H18OSi/c1-8(2)9(10)6-7-11(3,4)5/h6-8H,1-5H3/b7-6+. The molecule has 0 fully saturated rings. The topological polar surface area (TPSA) is 17.1 Å². The number of carbonyl (C=O) groups is 1. The Kier molecular flexibility index (Phi) is 3.73. The summed E-state index contributed by atoms with van der Waals surface area (Å²) in [5, 5.41) is 0. The Balaban J connectivity index is 4.05. The number of carbonyl (C=O) groups excluding carboxylic acids is 1. The molecule has 0 rings (SSSR count). The summed E-state index contributed by atoms with van der Waals surface area (Å²) in [6.07, 6.45) is 1.75. The summed E-state index contributed by atoms with van der Waals surface area (Å²) in [6, 6.07) is 0. The quantitative estimate of drug-likeness (QED) is 0.470. The lowest BCUT2D eigenvalue weighted by molar-refractivity contribution is -0.117. The third-order valence-corrected chi connectivity index (χ3v) is 2.48. The van der Waals surface area contributed by atoms with Crippen molar-refractivity contribution in [2.75, 3.05) is 0 Å². The van der Waals surface area contributed by atoms with Crippen molar-refractivity contribution in [2.24, 2.45) is 5.92 Å². The van der Waals surface area contributed by atoms with E-state index < -0.39 is 8.07 Å². The van der Waals surface area contributed by atoms with E-state index in [1.807, 2.05) is 13.8 Å². The zero-order valence-electron chi connectivity index (χ0n) is 8.14. The Morgan fingerprint density at radius 3 is 2.00 bits per heavy atom. The van der Waals surface area contributed by atoms with Crippen LogP contribution in [0.2, 0.25) is 19.6 Å². The second-order valence-corrected chi connectivity index (χ2v) is 9.32. The third-order valence-electron chi connectivity index (χ3n) is 1.32. The Bertz CT molecular complexity index is 163. The van der Waals surface area contributed by atoms with Gasteiger partial charge in [0.1, 0.15) is 0 Å². The molecular formula is C9H18OSi. The number of allylic oxidation sites excluding steroid dienone is 1. The van der Waals surface area contributed by atoms with Crippen molar-refractivity contribution in [3.05, 3.63) is 11.8 Å². The first-order valence-electron chi connectivity index (χ1n) is 4.06. The first kappa shape index (κ1) is 10.6. The number of hydrogen-bond donors (Lipinski definition) is 0. The fraction of sp³-hybridized carbons (Fsp3) is 0.667. The molecule has 0 bridgehead atoms. The maximum Gasteiger partial charge on any atom is 0.157 e. The molecule has 0 saturated heterocycles. The summed E-state index contributed by atoms with van der Waals surface area (Å²) >= 11 is 0. The van der Waals surface area contributed by atoms with E-state index in [1.54, 1.807) is 6.08 Å². The van der Waals surface area contributed by atoms with Crippen molar-refractivity contribution in [3.63, 3.8) is 0 Å². The molecule has 64 valence electrons. The first-order chi connectivity index (χ1) is 4.83. The minimum atomic E-state index is -1.17. The molecule has 0 radical (unpaired) electrons. The van der Waals surface area contributed by atoms with E-state index in [-0.39, 0.29) is 11.7 Å². The van der Waals surface area contributed by atoms with Crippen LogP contribution in [0.1, 0.15) is 13.8 Å². The molecule has 11 heavy (non-hydrogen) atoms. The Hall–Kier alpha value is -0.373. The van der Waals surface area contributed by atoms with Gasteiger partial charge in [-0.2, -0.15) is 0 Å². The molecule has 0 aromatic carbocycles. The monoisotopic (exact) mass is 170 g/mol. The zero-order valence-corrected chi connectivity index (χ0v) is 9.14. The molecule has 0 aliphatic rings. The van der Waals surface area contributed by atoms with Gasteiger partial charge in [-0.3, -0.25) is 4.79 Å². The van der Waals surface area contributed by atoms with Gasteiger partial charge in [0.2, 0.25) is 0 Å². The van der Waals surface area contributed by atoms with Gasteiger partial charge >= 0.3 is 0 Å². The fourth-order valence-corrected chi connectivity index (χ4v) is 1.19. The van der Waals surface area contributed by atoms with Crippen LogP contribution in [0, 0.1) is 5.92 Å². The zero-order chi connectivity index (χ0) is 9.07. The lowest BCUT2D eigenvalue weighted by atomic mass is 10.1. The molecule has 0 aliphatic heterocycles. The molecule has 0 atom stereocenters. The van der Waals surface area contributed by atoms with Crippen molar-refractivity contribution in [1.82, 2.24) is 0 Å². The first-order valence-corrected chi connectivity index (χ1v) is 7.64. The molecule has 0 saturated carbocycles. The van der Waals surface area contributed by atoms with E-state index in [0.29, 0.717) is 0 Å². The molecule has 2 heteroatoms. The molecule has 0 unspecified atom stereocenters. The normalized spacial score (nSPS) is 12.9. The van der Waals surface area contributed by atoms with Gasteiger partial charge < -0.3 is 0 Å².